The van der Waals surface area contributed by atoms with E-state index in [0.29, 0.717) is 0 Å². The lowest BCUT2D eigenvalue weighted by atomic mass is 9.54. The fourth-order valence-corrected chi connectivity index (χ4v) is 5.24. The molecule has 1 saturated carbocycles. The smallest absolute Gasteiger partial charge is 0.187 e. The van der Waals surface area contributed by atoms with Crippen LogP contribution in [0.2, 0.25) is 0 Å². The second-order valence-corrected chi connectivity index (χ2v) is 9.53. The van der Waals surface area contributed by atoms with Gasteiger partial charge in [0.1, 0.15) is 24.4 Å². The normalized spacial score (nSPS) is 48.2. The Kier molecular flexibility index (Phi) is 6.78. The molecule has 0 aromatic heterocycles. The molecular weight excluding hydrogens is 378 g/mol. The lowest BCUT2D eigenvalue weighted by molar-refractivity contribution is -0.335. The molecule has 2 aliphatic heterocycles. The van der Waals surface area contributed by atoms with E-state index in [1.807, 2.05) is 6.92 Å². The molecule has 0 aromatic carbocycles. The van der Waals surface area contributed by atoms with E-state index >= 15 is 0 Å². The summed E-state index contributed by atoms with van der Waals surface area (Å²) in [5, 5.41) is 55.0. The number of aliphatic hydroxyl groups excluding tert-OH is 4. The third-order valence-corrected chi connectivity index (χ3v) is 7.42. The molecule has 9 atom stereocenters. The first-order chi connectivity index (χ1) is 13.5. The van der Waals surface area contributed by atoms with Gasteiger partial charge in [0.15, 0.2) is 6.29 Å². The zero-order chi connectivity index (χ0) is 21.6. The van der Waals surface area contributed by atoms with Gasteiger partial charge in [-0.3, -0.25) is 0 Å². The van der Waals surface area contributed by atoms with Crippen molar-refractivity contribution in [3.63, 3.8) is 0 Å². The average molecular weight is 416 g/mol. The predicted octanol–water partition coefficient (Wildman–Crippen LogP) is -0.476. The van der Waals surface area contributed by atoms with Gasteiger partial charge in [-0.2, -0.15) is 0 Å². The maximum Gasteiger partial charge on any atom is 0.187 e. The Morgan fingerprint density at radius 1 is 1.14 bits per heavy atom. The first kappa shape index (κ1) is 23.1. The Labute approximate surface area is 172 Å². The molecule has 29 heavy (non-hydrogen) atoms. The van der Waals surface area contributed by atoms with Crippen LogP contribution >= 0.6 is 0 Å². The third kappa shape index (κ3) is 4.02. The molecule has 6 N–H and O–H groups in total. The molecule has 8 nitrogen and oxygen atoms in total. The quantitative estimate of drug-likeness (QED) is 0.341. The van der Waals surface area contributed by atoms with Crippen molar-refractivity contribution in [1.29, 1.82) is 0 Å². The molecular formula is C21H37NO7. The van der Waals surface area contributed by atoms with Gasteiger partial charge in [-0.25, -0.2) is 0 Å². The maximum absolute atomic E-state index is 11.6. The van der Waals surface area contributed by atoms with E-state index in [0.717, 1.165) is 25.9 Å². The van der Waals surface area contributed by atoms with Gasteiger partial charge in [0.05, 0.1) is 18.3 Å². The van der Waals surface area contributed by atoms with E-state index in [4.69, 9.17) is 9.47 Å². The SMILES string of the molecule is C[C@@H]1[C@H](O[C@H]2O[C@@H](CO)[C@H](O)[C@@H](O)[C@@H]2O)[C@@](C)(O)[C@@H]2CCNCCC=C2C1(C)C. The van der Waals surface area contributed by atoms with Crippen LogP contribution in [0.4, 0.5) is 0 Å². The summed E-state index contributed by atoms with van der Waals surface area (Å²) in [6.07, 6.45) is -3.55. The molecule has 8 heteroatoms. The molecule has 0 amide bonds. The third-order valence-electron chi connectivity index (χ3n) is 7.42. The Bertz CT molecular complexity index is 606. The first-order valence-corrected chi connectivity index (χ1v) is 10.6. The Morgan fingerprint density at radius 2 is 1.83 bits per heavy atom. The molecule has 0 bridgehead atoms. The maximum atomic E-state index is 11.6. The molecule has 3 rings (SSSR count). The molecule has 0 unspecified atom stereocenters. The largest absolute Gasteiger partial charge is 0.394 e. The summed E-state index contributed by atoms with van der Waals surface area (Å²) in [6.45, 7) is 9.23. The van der Waals surface area contributed by atoms with Gasteiger partial charge in [-0.05, 0) is 44.2 Å². The van der Waals surface area contributed by atoms with Crippen LogP contribution in [0.5, 0.6) is 0 Å². The van der Waals surface area contributed by atoms with Crippen LogP contribution in [0.1, 0.15) is 40.5 Å². The van der Waals surface area contributed by atoms with Crippen LogP contribution in [0.3, 0.4) is 0 Å². The van der Waals surface area contributed by atoms with Gasteiger partial charge in [0.25, 0.3) is 0 Å². The molecule has 0 radical (unpaired) electrons. The van der Waals surface area contributed by atoms with Crippen molar-refractivity contribution in [2.24, 2.45) is 17.3 Å². The highest BCUT2D eigenvalue weighted by molar-refractivity contribution is 5.27. The predicted molar refractivity (Wildman–Crippen MR) is 106 cm³/mol. The van der Waals surface area contributed by atoms with Crippen LogP contribution in [0, 0.1) is 17.3 Å². The van der Waals surface area contributed by atoms with Crippen molar-refractivity contribution in [2.45, 2.75) is 82.9 Å². The number of fused-ring (bicyclic) bond motifs is 1. The van der Waals surface area contributed by atoms with Gasteiger partial charge in [0, 0.05) is 5.92 Å². The molecule has 0 spiro atoms. The highest BCUT2D eigenvalue weighted by atomic mass is 16.7. The summed E-state index contributed by atoms with van der Waals surface area (Å²) in [5.74, 6) is -0.240. The summed E-state index contributed by atoms with van der Waals surface area (Å²) in [5.41, 5.74) is -0.244. The fourth-order valence-electron chi connectivity index (χ4n) is 5.24. The van der Waals surface area contributed by atoms with E-state index in [2.05, 4.69) is 25.2 Å². The van der Waals surface area contributed by atoms with E-state index < -0.39 is 49.0 Å². The van der Waals surface area contributed by atoms with Crippen LogP contribution in [-0.2, 0) is 9.47 Å². The Hall–Kier alpha value is -0.580. The van der Waals surface area contributed by atoms with Crippen molar-refractivity contribution in [3.8, 4) is 0 Å². The Morgan fingerprint density at radius 3 is 2.48 bits per heavy atom. The van der Waals surface area contributed by atoms with Crippen molar-refractivity contribution >= 4 is 0 Å². The standard InChI is InChI=1S/C21H37NO7/c1-11-18(29-19-17(26)16(25)15(24)14(10-23)28-19)21(4,27)13-7-9-22-8-5-6-12(13)20(11,2)3/h6,11,13-19,22-27H,5,7-10H2,1-4H3/t11-,13-,14+,15+,16-,17+,18+,19-,21+/m1/s1. The number of ether oxygens (including phenoxy) is 2. The molecule has 3 aliphatic rings. The zero-order valence-electron chi connectivity index (χ0n) is 17.8. The Balaban J connectivity index is 1.91. The lowest BCUT2D eigenvalue weighted by Gasteiger charge is -2.57. The van der Waals surface area contributed by atoms with Crippen LogP contribution in [0.25, 0.3) is 0 Å². The second kappa shape index (κ2) is 8.51. The van der Waals surface area contributed by atoms with E-state index in [1.165, 1.54) is 5.57 Å². The van der Waals surface area contributed by atoms with Crippen molar-refractivity contribution in [1.82, 2.24) is 5.32 Å². The van der Waals surface area contributed by atoms with Gasteiger partial charge in [-0.1, -0.05) is 32.4 Å². The van der Waals surface area contributed by atoms with Crippen molar-refractivity contribution in [3.05, 3.63) is 11.6 Å². The zero-order valence-corrected chi connectivity index (χ0v) is 17.8. The van der Waals surface area contributed by atoms with Gasteiger partial charge in [0.2, 0.25) is 0 Å². The van der Waals surface area contributed by atoms with Gasteiger partial charge in [-0.15, -0.1) is 0 Å². The summed E-state index contributed by atoms with van der Waals surface area (Å²) in [4.78, 5) is 0. The van der Waals surface area contributed by atoms with Crippen LogP contribution in [-0.4, -0.2) is 87.6 Å². The van der Waals surface area contributed by atoms with Gasteiger partial charge < -0.3 is 40.3 Å². The summed E-state index contributed by atoms with van der Waals surface area (Å²) < 4.78 is 11.7. The number of hydrogen-bond acceptors (Lipinski definition) is 8. The average Bonchev–Trinajstić information content (AvgIpc) is 2.63. The molecule has 2 heterocycles. The highest BCUT2D eigenvalue weighted by Gasteiger charge is 2.57. The monoisotopic (exact) mass is 415 g/mol. The number of hydrogen-bond donors (Lipinski definition) is 6. The minimum absolute atomic E-state index is 0.111. The minimum Gasteiger partial charge on any atom is -0.394 e. The van der Waals surface area contributed by atoms with E-state index in [-0.39, 0.29) is 17.3 Å². The molecule has 168 valence electrons. The number of rotatable bonds is 3. The first-order valence-electron chi connectivity index (χ1n) is 10.6. The van der Waals surface area contributed by atoms with E-state index in [1.54, 1.807) is 6.92 Å². The molecule has 2 fully saturated rings. The molecule has 1 aliphatic carbocycles. The van der Waals surface area contributed by atoms with Gasteiger partial charge >= 0.3 is 0 Å². The van der Waals surface area contributed by atoms with Crippen molar-refractivity contribution in [2.75, 3.05) is 19.7 Å². The molecule has 0 aromatic rings. The topological polar surface area (TPSA) is 132 Å². The summed E-state index contributed by atoms with van der Waals surface area (Å²) >= 11 is 0. The second-order valence-electron chi connectivity index (χ2n) is 9.53. The fraction of sp³-hybridized carbons (Fsp3) is 0.905. The van der Waals surface area contributed by atoms with E-state index in [9.17, 15) is 25.5 Å². The summed E-state index contributed by atoms with van der Waals surface area (Å²) in [7, 11) is 0. The summed E-state index contributed by atoms with van der Waals surface area (Å²) in [6, 6.07) is 0. The van der Waals surface area contributed by atoms with Crippen LogP contribution < -0.4 is 5.32 Å². The molecule has 1 saturated heterocycles. The van der Waals surface area contributed by atoms with Crippen LogP contribution in [0.15, 0.2) is 11.6 Å². The highest BCUT2D eigenvalue weighted by Crippen LogP contribution is 2.54. The number of nitrogens with one attached hydrogen (secondary N) is 1. The van der Waals surface area contributed by atoms with Crippen molar-refractivity contribution < 1.29 is 35.0 Å². The lowest BCUT2D eigenvalue weighted by Crippen LogP contribution is -2.65. The minimum atomic E-state index is -1.51. The number of aliphatic hydroxyl groups is 5.